The first-order valence-electron chi connectivity index (χ1n) is 4.37. The van der Waals surface area contributed by atoms with Crippen molar-refractivity contribution in [2.24, 2.45) is 0 Å². The Morgan fingerprint density at radius 2 is 1.81 bits per heavy atom. The van der Waals surface area contributed by atoms with E-state index in [1.54, 1.807) is 0 Å². The van der Waals surface area contributed by atoms with Gasteiger partial charge in [0.25, 0.3) is 0 Å². The topological polar surface area (TPSA) is 26.3 Å². The van der Waals surface area contributed by atoms with Crippen LogP contribution in [0.15, 0.2) is 24.3 Å². The molecule has 0 saturated carbocycles. The second kappa shape index (κ2) is 5.21. The van der Waals surface area contributed by atoms with Gasteiger partial charge in [-0.2, -0.15) is 13.2 Å². The predicted molar refractivity (Wildman–Crippen MR) is 52.4 cm³/mol. The van der Waals surface area contributed by atoms with Crippen molar-refractivity contribution in [2.75, 3.05) is 5.88 Å². The molecule has 0 bridgehead atoms. The number of carbonyl (C=O) groups excluding carboxylic acids is 1. The molecule has 0 aliphatic rings. The van der Waals surface area contributed by atoms with Gasteiger partial charge >= 0.3 is 12.1 Å². The minimum absolute atomic E-state index is 0.0164. The minimum Gasteiger partial charge on any atom is -0.426 e. The Kier molecular flexibility index (Phi) is 4.18. The Bertz CT molecular complexity index is 359. The molecule has 0 aromatic heterocycles. The van der Waals surface area contributed by atoms with E-state index in [4.69, 9.17) is 16.3 Å². The van der Waals surface area contributed by atoms with Gasteiger partial charge in [0.05, 0.1) is 12.0 Å². The summed E-state index contributed by atoms with van der Waals surface area (Å²) in [5, 5.41) is 0. The smallest absolute Gasteiger partial charge is 0.416 e. The molecule has 2 nitrogen and oxygen atoms in total. The molecule has 6 heteroatoms. The third-order valence-corrected chi connectivity index (χ3v) is 1.90. The first-order chi connectivity index (χ1) is 7.43. The summed E-state index contributed by atoms with van der Waals surface area (Å²) in [5.41, 5.74) is -0.787. The molecule has 0 atom stereocenters. The molecule has 0 spiro atoms. The lowest BCUT2D eigenvalue weighted by Crippen LogP contribution is -2.09. The summed E-state index contributed by atoms with van der Waals surface area (Å²) in [7, 11) is 0. The van der Waals surface area contributed by atoms with E-state index in [-0.39, 0.29) is 18.1 Å². The summed E-state index contributed by atoms with van der Waals surface area (Å²) in [4.78, 5) is 11.0. The molecule has 0 aliphatic heterocycles. The highest BCUT2D eigenvalue weighted by molar-refractivity contribution is 6.18. The van der Waals surface area contributed by atoms with E-state index in [2.05, 4.69) is 0 Å². The highest BCUT2D eigenvalue weighted by Crippen LogP contribution is 2.30. The zero-order valence-electron chi connectivity index (χ0n) is 8.05. The molecule has 88 valence electrons. The van der Waals surface area contributed by atoms with Crippen LogP contribution < -0.4 is 4.74 Å². The predicted octanol–water partition coefficient (Wildman–Crippen LogP) is 3.24. The van der Waals surface area contributed by atoms with E-state index in [1.807, 2.05) is 0 Å². The maximum atomic E-state index is 12.2. The van der Waals surface area contributed by atoms with E-state index in [1.165, 1.54) is 0 Å². The summed E-state index contributed by atoms with van der Waals surface area (Å²) in [5.74, 6) is -0.391. The second-order valence-electron chi connectivity index (χ2n) is 2.94. The van der Waals surface area contributed by atoms with Crippen molar-refractivity contribution in [3.63, 3.8) is 0 Å². The monoisotopic (exact) mass is 252 g/mol. The third-order valence-electron chi connectivity index (χ3n) is 1.71. The number of rotatable bonds is 3. The van der Waals surface area contributed by atoms with Gasteiger partial charge in [-0.3, -0.25) is 4.79 Å². The highest BCUT2D eigenvalue weighted by Gasteiger charge is 2.30. The summed E-state index contributed by atoms with van der Waals surface area (Å²) in [6.07, 6.45) is -4.37. The third kappa shape index (κ3) is 3.73. The average molecular weight is 253 g/mol. The molecule has 0 amide bonds. The van der Waals surface area contributed by atoms with E-state index in [0.717, 1.165) is 24.3 Å². The van der Waals surface area contributed by atoms with Gasteiger partial charge in [-0.05, 0) is 24.3 Å². The second-order valence-corrected chi connectivity index (χ2v) is 3.31. The SMILES string of the molecule is O=C(CCCl)Oc1ccc(C(F)(F)F)cc1. The van der Waals surface area contributed by atoms with Gasteiger partial charge < -0.3 is 4.74 Å². The number of ether oxygens (including phenoxy) is 1. The number of alkyl halides is 4. The van der Waals surface area contributed by atoms with Crippen LogP contribution in [0.2, 0.25) is 0 Å². The Balaban J connectivity index is 2.69. The number of benzene rings is 1. The number of carbonyl (C=O) groups is 1. The summed E-state index contributed by atoms with van der Waals surface area (Å²) in [6.45, 7) is 0. The van der Waals surface area contributed by atoms with Crippen molar-refractivity contribution in [1.82, 2.24) is 0 Å². The molecule has 0 saturated heterocycles. The summed E-state index contributed by atoms with van der Waals surface area (Å²) in [6, 6.07) is 3.89. The van der Waals surface area contributed by atoms with Crippen LogP contribution in [0.5, 0.6) is 5.75 Å². The Morgan fingerprint density at radius 3 is 2.25 bits per heavy atom. The molecule has 0 N–H and O–H groups in total. The lowest BCUT2D eigenvalue weighted by Gasteiger charge is -2.07. The van der Waals surface area contributed by atoms with Gasteiger partial charge in [0, 0.05) is 5.88 Å². The Labute approximate surface area is 95.0 Å². The summed E-state index contributed by atoms with van der Waals surface area (Å²) >= 11 is 5.30. The van der Waals surface area contributed by atoms with Gasteiger partial charge in [-0.25, -0.2) is 0 Å². The van der Waals surface area contributed by atoms with Crippen LogP contribution in [0.4, 0.5) is 13.2 Å². The molecule has 0 heterocycles. The van der Waals surface area contributed by atoms with Crippen molar-refractivity contribution in [3.05, 3.63) is 29.8 Å². The van der Waals surface area contributed by atoms with Crippen LogP contribution >= 0.6 is 11.6 Å². The lowest BCUT2D eigenvalue weighted by atomic mass is 10.2. The van der Waals surface area contributed by atoms with Crippen molar-refractivity contribution < 1.29 is 22.7 Å². The number of halogens is 4. The van der Waals surface area contributed by atoms with E-state index in [9.17, 15) is 18.0 Å². The van der Waals surface area contributed by atoms with Crippen LogP contribution in [0.25, 0.3) is 0 Å². The quantitative estimate of drug-likeness (QED) is 0.469. The molecular formula is C10H8ClF3O2. The fourth-order valence-corrected chi connectivity index (χ4v) is 1.13. The fourth-order valence-electron chi connectivity index (χ4n) is 0.972. The maximum absolute atomic E-state index is 12.2. The minimum atomic E-state index is -4.39. The van der Waals surface area contributed by atoms with Crippen molar-refractivity contribution in [2.45, 2.75) is 12.6 Å². The lowest BCUT2D eigenvalue weighted by molar-refractivity contribution is -0.137. The highest BCUT2D eigenvalue weighted by atomic mass is 35.5. The fraction of sp³-hybridized carbons (Fsp3) is 0.300. The largest absolute Gasteiger partial charge is 0.426 e. The average Bonchev–Trinajstić information content (AvgIpc) is 2.17. The Morgan fingerprint density at radius 1 is 1.25 bits per heavy atom. The molecule has 0 radical (unpaired) electrons. The maximum Gasteiger partial charge on any atom is 0.416 e. The van der Waals surface area contributed by atoms with Crippen LogP contribution in [0.1, 0.15) is 12.0 Å². The van der Waals surface area contributed by atoms with Gasteiger partial charge in [0.2, 0.25) is 0 Å². The normalized spacial score (nSPS) is 11.2. The number of hydrogen-bond donors (Lipinski definition) is 0. The molecule has 0 unspecified atom stereocenters. The Hall–Kier alpha value is -1.23. The zero-order chi connectivity index (χ0) is 12.2. The number of hydrogen-bond acceptors (Lipinski definition) is 2. The first-order valence-corrected chi connectivity index (χ1v) is 4.91. The van der Waals surface area contributed by atoms with Crippen molar-refractivity contribution in [1.29, 1.82) is 0 Å². The molecule has 1 rings (SSSR count). The molecule has 16 heavy (non-hydrogen) atoms. The van der Waals surface area contributed by atoms with Crippen molar-refractivity contribution in [3.8, 4) is 5.75 Å². The van der Waals surface area contributed by atoms with E-state index in [0.29, 0.717) is 0 Å². The van der Waals surface area contributed by atoms with E-state index >= 15 is 0 Å². The van der Waals surface area contributed by atoms with Gasteiger partial charge in [-0.15, -0.1) is 11.6 Å². The molecule has 0 fully saturated rings. The van der Waals surface area contributed by atoms with Gasteiger partial charge in [-0.1, -0.05) is 0 Å². The van der Waals surface area contributed by atoms with Crippen molar-refractivity contribution >= 4 is 17.6 Å². The molecule has 1 aromatic carbocycles. The van der Waals surface area contributed by atoms with Crippen LogP contribution in [0, 0.1) is 0 Å². The van der Waals surface area contributed by atoms with Crippen LogP contribution in [0.3, 0.4) is 0 Å². The zero-order valence-corrected chi connectivity index (χ0v) is 8.81. The summed E-state index contributed by atoms with van der Waals surface area (Å²) < 4.78 is 41.3. The van der Waals surface area contributed by atoms with Gasteiger partial charge in [0.15, 0.2) is 0 Å². The molecule has 1 aromatic rings. The van der Waals surface area contributed by atoms with Crippen LogP contribution in [-0.4, -0.2) is 11.8 Å². The van der Waals surface area contributed by atoms with E-state index < -0.39 is 17.7 Å². The first kappa shape index (κ1) is 12.8. The van der Waals surface area contributed by atoms with Gasteiger partial charge in [0.1, 0.15) is 5.75 Å². The standard InChI is InChI=1S/C10H8ClF3O2/c11-6-5-9(15)16-8-3-1-7(2-4-8)10(12,13)14/h1-4H,5-6H2. The molecule has 0 aliphatic carbocycles. The number of esters is 1. The molecular weight excluding hydrogens is 245 g/mol. The van der Waals surface area contributed by atoms with Crippen LogP contribution in [-0.2, 0) is 11.0 Å².